The summed E-state index contributed by atoms with van der Waals surface area (Å²) >= 11 is 0. The lowest BCUT2D eigenvalue weighted by Crippen LogP contribution is -2.48. The first-order valence-electron chi connectivity index (χ1n) is 8.66. The molecular formula is C18H22N4O3. The summed E-state index contributed by atoms with van der Waals surface area (Å²) in [6.45, 7) is 0.854. The summed E-state index contributed by atoms with van der Waals surface area (Å²) in [6, 6.07) is 5.62. The molecule has 1 atom stereocenters. The summed E-state index contributed by atoms with van der Waals surface area (Å²) in [7, 11) is 1.66. The highest BCUT2D eigenvalue weighted by Gasteiger charge is 2.39. The Morgan fingerprint density at radius 1 is 1.44 bits per heavy atom. The average molecular weight is 342 g/mol. The SMILES string of the molecule is COc1ccc(C(=O)N2CCC[C@@](O)(c3cn[nH]n3)C2)cc1C1CC1. The Morgan fingerprint density at radius 2 is 2.28 bits per heavy atom. The molecule has 2 heterocycles. The first kappa shape index (κ1) is 16.1. The van der Waals surface area contributed by atoms with E-state index in [0.29, 0.717) is 30.1 Å². The lowest BCUT2D eigenvalue weighted by atomic mass is 9.89. The Balaban J connectivity index is 1.57. The number of nitrogens with zero attached hydrogens (tertiary/aromatic N) is 3. The van der Waals surface area contributed by atoms with E-state index in [0.717, 1.165) is 30.6 Å². The number of amides is 1. The Kier molecular flexibility index (Phi) is 3.95. The molecule has 1 amide bonds. The molecule has 2 aliphatic rings. The van der Waals surface area contributed by atoms with Crippen LogP contribution in [0.5, 0.6) is 5.75 Å². The molecular weight excluding hydrogens is 320 g/mol. The van der Waals surface area contributed by atoms with Gasteiger partial charge in [-0.1, -0.05) is 0 Å². The number of piperidine rings is 1. The van der Waals surface area contributed by atoms with Gasteiger partial charge in [0.1, 0.15) is 17.0 Å². The highest BCUT2D eigenvalue weighted by Crippen LogP contribution is 2.44. The molecule has 0 radical (unpaired) electrons. The Hall–Kier alpha value is -2.41. The Bertz CT molecular complexity index is 773. The molecule has 1 aromatic carbocycles. The van der Waals surface area contributed by atoms with Crippen LogP contribution in [0.3, 0.4) is 0 Å². The number of aromatic amines is 1. The van der Waals surface area contributed by atoms with Crippen LogP contribution in [0.4, 0.5) is 0 Å². The van der Waals surface area contributed by atoms with E-state index >= 15 is 0 Å². The van der Waals surface area contributed by atoms with Crippen molar-refractivity contribution in [3.8, 4) is 5.75 Å². The first-order valence-corrected chi connectivity index (χ1v) is 8.66. The fraction of sp³-hybridized carbons (Fsp3) is 0.500. The normalized spacial score (nSPS) is 23.5. The smallest absolute Gasteiger partial charge is 0.253 e. The van der Waals surface area contributed by atoms with Crippen LogP contribution in [-0.4, -0.2) is 51.5 Å². The zero-order valence-electron chi connectivity index (χ0n) is 14.2. The zero-order valence-corrected chi connectivity index (χ0v) is 14.2. The Labute approximate surface area is 146 Å². The molecule has 0 unspecified atom stereocenters. The van der Waals surface area contributed by atoms with Crippen LogP contribution in [-0.2, 0) is 5.60 Å². The van der Waals surface area contributed by atoms with Crippen LogP contribution in [0.25, 0.3) is 0 Å². The minimum absolute atomic E-state index is 0.0637. The van der Waals surface area contributed by atoms with Crippen molar-refractivity contribution >= 4 is 5.91 Å². The number of aliphatic hydroxyl groups is 1. The number of β-amino-alcohol motifs (C(OH)–C–C–N with tert-alkyl or cyclic N) is 1. The highest BCUT2D eigenvalue weighted by molar-refractivity contribution is 5.94. The van der Waals surface area contributed by atoms with Gasteiger partial charge in [-0.05, 0) is 55.4 Å². The third-order valence-electron chi connectivity index (χ3n) is 5.14. The van der Waals surface area contributed by atoms with Crippen LogP contribution in [0.15, 0.2) is 24.4 Å². The largest absolute Gasteiger partial charge is 0.496 e. The highest BCUT2D eigenvalue weighted by atomic mass is 16.5. The molecule has 1 aliphatic heterocycles. The topological polar surface area (TPSA) is 91.3 Å². The van der Waals surface area contributed by atoms with Crippen LogP contribution in [0.1, 0.15) is 53.2 Å². The monoisotopic (exact) mass is 342 g/mol. The first-order chi connectivity index (χ1) is 12.1. The van der Waals surface area contributed by atoms with E-state index in [1.54, 1.807) is 18.1 Å². The second-order valence-electron chi connectivity index (χ2n) is 6.95. The zero-order chi connectivity index (χ0) is 17.4. The van der Waals surface area contributed by atoms with E-state index in [9.17, 15) is 9.90 Å². The molecule has 0 bridgehead atoms. The number of nitrogens with one attached hydrogen (secondary N) is 1. The summed E-state index contributed by atoms with van der Waals surface area (Å²) in [5, 5.41) is 21.2. The molecule has 1 saturated heterocycles. The third-order valence-corrected chi connectivity index (χ3v) is 5.14. The lowest BCUT2D eigenvalue weighted by Gasteiger charge is -2.38. The summed E-state index contributed by atoms with van der Waals surface area (Å²) in [5.41, 5.74) is 1.09. The van der Waals surface area contributed by atoms with Gasteiger partial charge in [-0.15, -0.1) is 0 Å². The van der Waals surface area contributed by atoms with Crippen LogP contribution in [0, 0.1) is 0 Å². The van der Waals surface area contributed by atoms with Gasteiger partial charge < -0.3 is 14.7 Å². The molecule has 132 valence electrons. The fourth-order valence-electron chi connectivity index (χ4n) is 3.61. The number of rotatable bonds is 4. The van der Waals surface area contributed by atoms with Crippen LogP contribution >= 0.6 is 0 Å². The number of hydrogen-bond donors (Lipinski definition) is 2. The molecule has 2 N–H and O–H groups in total. The van der Waals surface area contributed by atoms with Gasteiger partial charge in [0.2, 0.25) is 0 Å². The van der Waals surface area contributed by atoms with E-state index in [1.165, 1.54) is 6.20 Å². The van der Waals surface area contributed by atoms with Crippen molar-refractivity contribution < 1.29 is 14.6 Å². The van der Waals surface area contributed by atoms with Gasteiger partial charge in [-0.3, -0.25) is 4.79 Å². The summed E-state index contributed by atoms with van der Waals surface area (Å²) < 4.78 is 5.43. The number of hydrogen-bond acceptors (Lipinski definition) is 5. The maximum absolute atomic E-state index is 13.0. The fourth-order valence-corrected chi connectivity index (χ4v) is 3.61. The van der Waals surface area contributed by atoms with Gasteiger partial charge >= 0.3 is 0 Å². The predicted octanol–water partition coefficient (Wildman–Crippen LogP) is 1.81. The van der Waals surface area contributed by atoms with Gasteiger partial charge in [0.15, 0.2) is 0 Å². The van der Waals surface area contributed by atoms with Crippen molar-refractivity contribution in [2.45, 2.75) is 37.2 Å². The van der Waals surface area contributed by atoms with Gasteiger partial charge in [0, 0.05) is 12.1 Å². The van der Waals surface area contributed by atoms with Gasteiger partial charge in [0.25, 0.3) is 5.91 Å². The maximum atomic E-state index is 13.0. The number of ether oxygens (including phenoxy) is 1. The molecule has 1 aliphatic carbocycles. The van der Waals surface area contributed by atoms with Crippen molar-refractivity contribution in [2.24, 2.45) is 0 Å². The van der Waals surface area contributed by atoms with Crippen molar-refractivity contribution in [1.29, 1.82) is 0 Å². The summed E-state index contributed by atoms with van der Waals surface area (Å²) in [6.07, 6.45) is 5.10. The van der Waals surface area contributed by atoms with E-state index in [4.69, 9.17) is 4.74 Å². The van der Waals surface area contributed by atoms with Crippen molar-refractivity contribution in [3.63, 3.8) is 0 Å². The number of carbonyl (C=O) groups is 1. The van der Waals surface area contributed by atoms with E-state index in [-0.39, 0.29) is 12.5 Å². The van der Waals surface area contributed by atoms with E-state index < -0.39 is 5.60 Å². The summed E-state index contributed by atoms with van der Waals surface area (Å²) in [4.78, 5) is 14.7. The molecule has 1 saturated carbocycles. The average Bonchev–Trinajstić information content (AvgIpc) is 3.33. The van der Waals surface area contributed by atoms with Gasteiger partial charge in [0.05, 0.1) is 19.9 Å². The molecule has 7 nitrogen and oxygen atoms in total. The summed E-state index contributed by atoms with van der Waals surface area (Å²) in [5.74, 6) is 1.28. The molecule has 0 spiro atoms. The van der Waals surface area contributed by atoms with Gasteiger partial charge in [-0.25, -0.2) is 0 Å². The quantitative estimate of drug-likeness (QED) is 0.884. The predicted molar refractivity (Wildman–Crippen MR) is 90.4 cm³/mol. The van der Waals surface area contributed by atoms with Crippen LogP contribution in [0.2, 0.25) is 0 Å². The molecule has 2 aromatic rings. The van der Waals surface area contributed by atoms with Crippen LogP contribution < -0.4 is 4.74 Å². The second kappa shape index (κ2) is 6.15. The van der Waals surface area contributed by atoms with Crippen molar-refractivity contribution in [3.05, 3.63) is 41.2 Å². The minimum atomic E-state index is -1.15. The molecule has 7 heteroatoms. The number of H-pyrrole nitrogens is 1. The minimum Gasteiger partial charge on any atom is -0.496 e. The third kappa shape index (κ3) is 3.00. The molecule has 4 rings (SSSR count). The standard InChI is InChI=1S/C18H22N4O3/c1-25-15-6-5-13(9-14(15)12-3-4-12)17(23)22-8-2-7-18(24,11-22)16-10-19-21-20-16/h5-6,9-10,12,24H,2-4,7-8,11H2,1H3,(H,19,20,21)/t18-/m0/s1. The molecule has 1 aromatic heterocycles. The maximum Gasteiger partial charge on any atom is 0.253 e. The molecule has 25 heavy (non-hydrogen) atoms. The number of likely N-dealkylation sites (tertiary alicyclic amines) is 1. The number of aromatic nitrogens is 3. The lowest BCUT2D eigenvalue weighted by molar-refractivity contribution is -0.0320. The van der Waals surface area contributed by atoms with Gasteiger partial charge in [-0.2, -0.15) is 15.4 Å². The van der Waals surface area contributed by atoms with E-state index in [2.05, 4.69) is 15.4 Å². The number of benzene rings is 1. The van der Waals surface area contributed by atoms with Crippen molar-refractivity contribution in [1.82, 2.24) is 20.3 Å². The molecule has 2 fully saturated rings. The number of methoxy groups -OCH3 is 1. The Morgan fingerprint density at radius 3 is 2.96 bits per heavy atom. The van der Waals surface area contributed by atoms with E-state index in [1.807, 2.05) is 12.1 Å². The van der Waals surface area contributed by atoms with Crippen molar-refractivity contribution in [2.75, 3.05) is 20.2 Å². The number of carbonyl (C=O) groups excluding carboxylic acids is 1. The second-order valence-corrected chi connectivity index (χ2v) is 6.95.